The van der Waals surface area contributed by atoms with Crippen molar-refractivity contribution in [3.63, 3.8) is 0 Å². The van der Waals surface area contributed by atoms with E-state index in [-0.39, 0.29) is 30.9 Å². The van der Waals surface area contributed by atoms with E-state index in [1.807, 2.05) is 24.3 Å². The number of amides is 1. The number of carbonyl (C=O) groups is 2. The number of benzene rings is 1. The molecule has 1 aromatic carbocycles. The van der Waals surface area contributed by atoms with Gasteiger partial charge in [0.1, 0.15) is 23.2 Å². The zero-order valence-corrected chi connectivity index (χ0v) is 19.9. The second-order valence-corrected chi connectivity index (χ2v) is 8.29. The average Bonchev–Trinajstić information content (AvgIpc) is 3.26. The number of nitrogens with one attached hydrogen (secondary N) is 1. The number of pyridine rings is 1. The van der Waals surface area contributed by atoms with E-state index in [4.69, 9.17) is 26.0 Å². The summed E-state index contributed by atoms with van der Waals surface area (Å²) in [6.07, 6.45) is 0.296. The molecule has 0 aliphatic carbocycles. The van der Waals surface area contributed by atoms with Crippen LogP contribution < -0.4 is 5.56 Å². The van der Waals surface area contributed by atoms with Crippen molar-refractivity contribution >= 4 is 23.5 Å². The van der Waals surface area contributed by atoms with Crippen molar-refractivity contribution in [3.8, 4) is 17.4 Å². The minimum Gasteiger partial charge on any atom is -0.459 e. The Kier molecular flexibility index (Phi) is 7.92. The lowest BCUT2D eigenvalue weighted by Gasteiger charge is -2.16. The standard InChI is InChI=1S/C25H24ClN3O5/c1-15-20(16(2)28-25(32)21(15)12-27)9-11-24(31)33-14-23(30)29(3)13-19-8-10-22(34-19)17-4-6-18(26)7-5-17/h4-8,10H,9,11,13-14H2,1-3H3,(H,28,32). The number of hydrogen-bond donors (Lipinski definition) is 1. The van der Waals surface area contributed by atoms with E-state index in [0.717, 1.165) is 5.56 Å². The fraction of sp³-hybridized carbons (Fsp3) is 0.280. The van der Waals surface area contributed by atoms with Gasteiger partial charge in [-0.3, -0.25) is 14.4 Å². The fourth-order valence-corrected chi connectivity index (χ4v) is 3.65. The number of rotatable bonds is 8. The highest BCUT2D eigenvalue weighted by Crippen LogP contribution is 2.24. The van der Waals surface area contributed by atoms with Gasteiger partial charge in [-0.2, -0.15) is 5.26 Å². The Bertz CT molecular complexity index is 1300. The number of esters is 1. The first kappa shape index (κ1) is 24.8. The molecule has 0 radical (unpaired) electrons. The highest BCUT2D eigenvalue weighted by Gasteiger charge is 2.17. The van der Waals surface area contributed by atoms with Crippen LogP contribution in [0.2, 0.25) is 5.02 Å². The van der Waals surface area contributed by atoms with Gasteiger partial charge in [-0.05, 0) is 67.8 Å². The van der Waals surface area contributed by atoms with Gasteiger partial charge in [0.15, 0.2) is 6.61 Å². The monoisotopic (exact) mass is 481 g/mol. The van der Waals surface area contributed by atoms with E-state index < -0.39 is 18.1 Å². The summed E-state index contributed by atoms with van der Waals surface area (Å²) in [7, 11) is 1.59. The lowest BCUT2D eigenvalue weighted by atomic mass is 9.99. The molecule has 0 aliphatic heterocycles. The maximum absolute atomic E-state index is 12.4. The molecule has 34 heavy (non-hydrogen) atoms. The number of furan rings is 1. The summed E-state index contributed by atoms with van der Waals surface area (Å²) < 4.78 is 10.9. The molecule has 0 atom stereocenters. The number of aromatic nitrogens is 1. The Balaban J connectivity index is 1.50. The quantitative estimate of drug-likeness (QED) is 0.487. The molecule has 0 saturated heterocycles. The number of ether oxygens (including phenoxy) is 1. The number of likely N-dealkylation sites (N-methyl/N-ethyl adjacent to an activating group) is 1. The zero-order chi connectivity index (χ0) is 24.8. The molecule has 9 heteroatoms. The Morgan fingerprint density at radius 3 is 2.56 bits per heavy atom. The number of aryl methyl sites for hydroxylation is 1. The normalized spacial score (nSPS) is 10.6. The molecule has 3 aromatic rings. The second-order valence-electron chi connectivity index (χ2n) is 7.85. The van der Waals surface area contributed by atoms with E-state index in [0.29, 0.717) is 33.4 Å². The third-order valence-corrected chi connectivity index (χ3v) is 5.72. The molecule has 8 nitrogen and oxygen atoms in total. The van der Waals surface area contributed by atoms with Crippen LogP contribution >= 0.6 is 11.6 Å². The molecule has 2 heterocycles. The summed E-state index contributed by atoms with van der Waals surface area (Å²) in [5.41, 5.74) is 2.31. The van der Waals surface area contributed by atoms with E-state index >= 15 is 0 Å². The minimum atomic E-state index is -0.548. The molecule has 0 saturated carbocycles. The van der Waals surface area contributed by atoms with Crippen LogP contribution in [0.1, 0.15) is 34.6 Å². The summed E-state index contributed by atoms with van der Waals surface area (Å²) in [6, 6.07) is 12.7. The number of nitrogens with zero attached hydrogens (tertiary/aromatic N) is 2. The van der Waals surface area contributed by atoms with Gasteiger partial charge >= 0.3 is 5.97 Å². The van der Waals surface area contributed by atoms with Crippen LogP contribution in [0.4, 0.5) is 0 Å². The maximum atomic E-state index is 12.4. The SMILES string of the molecule is Cc1[nH]c(=O)c(C#N)c(C)c1CCC(=O)OCC(=O)N(C)Cc1ccc(-c2ccc(Cl)cc2)o1. The average molecular weight is 482 g/mol. The topological polar surface area (TPSA) is 116 Å². The highest BCUT2D eigenvalue weighted by atomic mass is 35.5. The van der Waals surface area contributed by atoms with Crippen LogP contribution in [0.15, 0.2) is 45.6 Å². The molecule has 0 spiro atoms. The molecule has 0 bridgehead atoms. The van der Waals surface area contributed by atoms with Crippen molar-refractivity contribution in [2.24, 2.45) is 0 Å². The maximum Gasteiger partial charge on any atom is 0.306 e. The van der Waals surface area contributed by atoms with E-state index in [1.54, 1.807) is 39.1 Å². The first-order valence-electron chi connectivity index (χ1n) is 10.6. The van der Waals surface area contributed by atoms with Crippen LogP contribution in [0.5, 0.6) is 0 Å². The third kappa shape index (κ3) is 5.94. The van der Waals surface area contributed by atoms with Gasteiger partial charge in [0, 0.05) is 29.7 Å². The van der Waals surface area contributed by atoms with Gasteiger partial charge in [0.05, 0.1) is 6.54 Å². The third-order valence-electron chi connectivity index (χ3n) is 5.47. The summed E-state index contributed by atoms with van der Waals surface area (Å²) in [5.74, 6) is 0.324. The lowest BCUT2D eigenvalue weighted by Crippen LogP contribution is -2.30. The Morgan fingerprint density at radius 1 is 1.18 bits per heavy atom. The molecular formula is C25H24ClN3O5. The van der Waals surface area contributed by atoms with Crippen molar-refractivity contribution in [1.29, 1.82) is 5.26 Å². The van der Waals surface area contributed by atoms with Gasteiger partial charge in [-0.1, -0.05) is 11.6 Å². The number of hydrogen-bond acceptors (Lipinski definition) is 6. The molecule has 0 fully saturated rings. The molecular weight excluding hydrogens is 458 g/mol. The number of halogens is 1. The first-order valence-corrected chi connectivity index (χ1v) is 10.9. The predicted molar refractivity (Wildman–Crippen MR) is 126 cm³/mol. The van der Waals surface area contributed by atoms with Crippen molar-refractivity contribution in [1.82, 2.24) is 9.88 Å². The van der Waals surface area contributed by atoms with Gasteiger partial charge in [0.2, 0.25) is 0 Å². The molecule has 1 amide bonds. The molecule has 1 N–H and O–H groups in total. The predicted octanol–water partition coefficient (Wildman–Crippen LogP) is 3.91. The van der Waals surface area contributed by atoms with Crippen LogP contribution in [0, 0.1) is 25.2 Å². The van der Waals surface area contributed by atoms with Crippen molar-refractivity contribution in [2.75, 3.05) is 13.7 Å². The Labute approximate surface area is 201 Å². The number of H-pyrrole nitrogens is 1. The second kappa shape index (κ2) is 10.9. The van der Waals surface area contributed by atoms with Crippen LogP contribution in [-0.2, 0) is 27.3 Å². The van der Waals surface area contributed by atoms with Crippen LogP contribution in [-0.4, -0.2) is 35.4 Å². The van der Waals surface area contributed by atoms with Crippen LogP contribution in [0.25, 0.3) is 11.3 Å². The van der Waals surface area contributed by atoms with Crippen molar-refractivity contribution in [2.45, 2.75) is 33.2 Å². The lowest BCUT2D eigenvalue weighted by molar-refractivity contribution is -0.151. The van der Waals surface area contributed by atoms with E-state index in [9.17, 15) is 14.4 Å². The molecule has 0 unspecified atom stereocenters. The molecule has 0 aliphatic rings. The Hall–Kier alpha value is -3.83. The van der Waals surface area contributed by atoms with E-state index in [1.165, 1.54) is 4.90 Å². The fourth-order valence-electron chi connectivity index (χ4n) is 3.53. The summed E-state index contributed by atoms with van der Waals surface area (Å²) in [5, 5.41) is 9.78. The number of carbonyl (C=O) groups excluding carboxylic acids is 2. The largest absolute Gasteiger partial charge is 0.459 e. The van der Waals surface area contributed by atoms with Crippen molar-refractivity contribution in [3.05, 3.63) is 79.9 Å². The van der Waals surface area contributed by atoms with Crippen LogP contribution in [0.3, 0.4) is 0 Å². The number of aromatic amines is 1. The van der Waals surface area contributed by atoms with Gasteiger partial charge < -0.3 is 19.0 Å². The van der Waals surface area contributed by atoms with Gasteiger partial charge in [-0.25, -0.2) is 0 Å². The molecule has 3 rings (SSSR count). The van der Waals surface area contributed by atoms with E-state index in [2.05, 4.69) is 4.98 Å². The molecule has 176 valence electrons. The van der Waals surface area contributed by atoms with Gasteiger partial charge in [-0.15, -0.1) is 0 Å². The summed E-state index contributed by atoms with van der Waals surface area (Å²) in [6.45, 7) is 3.21. The Morgan fingerprint density at radius 2 is 1.88 bits per heavy atom. The highest BCUT2D eigenvalue weighted by molar-refractivity contribution is 6.30. The first-order chi connectivity index (χ1) is 16.2. The smallest absolute Gasteiger partial charge is 0.306 e. The molecule has 2 aromatic heterocycles. The number of nitriles is 1. The van der Waals surface area contributed by atoms with Gasteiger partial charge in [0.25, 0.3) is 11.5 Å². The minimum absolute atomic E-state index is 0.0121. The van der Waals surface area contributed by atoms with Crippen molar-refractivity contribution < 1.29 is 18.7 Å². The summed E-state index contributed by atoms with van der Waals surface area (Å²) in [4.78, 5) is 40.4. The zero-order valence-electron chi connectivity index (χ0n) is 19.1. The summed E-state index contributed by atoms with van der Waals surface area (Å²) >= 11 is 5.91.